The number of benzene rings is 1. The van der Waals surface area contributed by atoms with Crippen LogP contribution in [-0.2, 0) is 11.2 Å². The molecule has 0 fully saturated rings. The van der Waals surface area contributed by atoms with Gasteiger partial charge in [0, 0.05) is 5.69 Å². The van der Waals surface area contributed by atoms with Gasteiger partial charge in [-0.3, -0.25) is 4.79 Å². The first-order valence-corrected chi connectivity index (χ1v) is 5.40. The monoisotopic (exact) mass is 230 g/mol. The zero-order valence-electron chi connectivity index (χ0n) is 9.84. The minimum Gasteiger partial charge on any atom is -0.481 e. The number of carbonyl (C=O) groups is 1. The Morgan fingerprint density at radius 3 is 2.53 bits per heavy atom. The summed E-state index contributed by atoms with van der Waals surface area (Å²) in [5.41, 5.74) is 3.65. The van der Waals surface area contributed by atoms with Gasteiger partial charge in [0.2, 0.25) is 0 Å². The second-order valence-corrected chi connectivity index (χ2v) is 4.09. The normalized spacial score (nSPS) is 10.5. The van der Waals surface area contributed by atoms with Gasteiger partial charge in [-0.05, 0) is 32.0 Å². The van der Waals surface area contributed by atoms with Gasteiger partial charge in [-0.25, -0.2) is 4.68 Å². The molecule has 88 valence electrons. The van der Waals surface area contributed by atoms with Crippen LogP contribution in [0, 0.1) is 13.8 Å². The van der Waals surface area contributed by atoms with Crippen LogP contribution in [0.2, 0.25) is 0 Å². The molecule has 4 heteroatoms. The minimum absolute atomic E-state index is 0.0420. The molecule has 0 aliphatic rings. The number of rotatable bonds is 3. The second kappa shape index (κ2) is 4.41. The van der Waals surface area contributed by atoms with Gasteiger partial charge in [0.15, 0.2) is 0 Å². The SMILES string of the molecule is Cc1ccc(-n2nc(CC(=O)O)cc2C)cc1. The van der Waals surface area contributed by atoms with Crippen LogP contribution in [0.5, 0.6) is 0 Å². The molecule has 0 unspecified atom stereocenters. The van der Waals surface area contributed by atoms with Crippen LogP contribution in [0.4, 0.5) is 0 Å². The maximum absolute atomic E-state index is 10.6. The van der Waals surface area contributed by atoms with Gasteiger partial charge in [0.1, 0.15) is 0 Å². The Balaban J connectivity index is 2.35. The summed E-state index contributed by atoms with van der Waals surface area (Å²) in [4.78, 5) is 10.6. The summed E-state index contributed by atoms with van der Waals surface area (Å²) in [7, 11) is 0. The van der Waals surface area contributed by atoms with Crippen LogP contribution in [-0.4, -0.2) is 20.9 Å². The molecule has 17 heavy (non-hydrogen) atoms. The molecule has 1 heterocycles. The molecule has 1 N–H and O–H groups in total. The van der Waals surface area contributed by atoms with E-state index in [1.807, 2.05) is 38.1 Å². The lowest BCUT2D eigenvalue weighted by molar-refractivity contribution is -0.136. The predicted molar refractivity (Wildman–Crippen MR) is 64.4 cm³/mol. The van der Waals surface area contributed by atoms with E-state index in [9.17, 15) is 4.79 Å². The molecular weight excluding hydrogens is 216 g/mol. The van der Waals surface area contributed by atoms with E-state index < -0.39 is 5.97 Å². The van der Waals surface area contributed by atoms with Crippen molar-refractivity contribution < 1.29 is 9.90 Å². The molecule has 0 saturated heterocycles. The molecule has 0 atom stereocenters. The van der Waals surface area contributed by atoms with Crippen molar-refractivity contribution in [3.05, 3.63) is 47.3 Å². The van der Waals surface area contributed by atoms with Gasteiger partial charge >= 0.3 is 5.97 Å². The molecule has 0 aliphatic heterocycles. The molecular formula is C13H14N2O2. The highest BCUT2D eigenvalue weighted by Crippen LogP contribution is 2.13. The Labute approximate surface area is 99.5 Å². The molecule has 2 rings (SSSR count). The van der Waals surface area contributed by atoms with Gasteiger partial charge in [0.25, 0.3) is 0 Å². The number of aryl methyl sites for hydroxylation is 2. The van der Waals surface area contributed by atoms with E-state index in [0.717, 1.165) is 11.4 Å². The lowest BCUT2D eigenvalue weighted by atomic mass is 10.2. The molecule has 0 radical (unpaired) electrons. The van der Waals surface area contributed by atoms with Crippen molar-refractivity contribution in [3.63, 3.8) is 0 Å². The first kappa shape index (κ1) is 11.4. The van der Waals surface area contributed by atoms with Gasteiger partial charge in [-0.1, -0.05) is 17.7 Å². The third-order valence-electron chi connectivity index (χ3n) is 2.55. The summed E-state index contributed by atoms with van der Waals surface area (Å²) in [5, 5.41) is 13.0. The number of nitrogens with zero attached hydrogens (tertiary/aromatic N) is 2. The maximum atomic E-state index is 10.6. The Kier molecular flexibility index (Phi) is 2.95. The molecule has 0 amide bonds. The Bertz CT molecular complexity index is 541. The van der Waals surface area contributed by atoms with E-state index in [1.165, 1.54) is 5.56 Å². The minimum atomic E-state index is -0.862. The quantitative estimate of drug-likeness (QED) is 0.878. The maximum Gasteiger partial charge on any atom is 0.309 e. The fourth-order valence-corrected chi connectivity index (χ4v) is 1.73. The molecule has 1 aromatic carbocycles. The highest BCUT2D eigenvalue weighted by atomic mass is 16.4. The van der Waals surface area contributed by atoms with Crippen molar-refractivity contribution in [1.29, 1.82) is 0 Å². The van der Waals surface area contributed by atoms with Crippen molar-refractivity contribution in [2.75, 3.05) is 0 Å². The smallest absolute Gasteiger partial charge is 0.309 e. The number of hydrogen-bond donors (Lipinski definition) is 1. The molecule has 0 aliphatic carbocycles. The average molecular weight is 230 g/mol. The molecule has 0 spiro atoms. The fourth-order valence-electron chi connectivity index (χ4n) is 1.73. The van der Waals surface area contributed by atoms with Crippen molar-refractivity contribution >= 4 is 5.97 Å². The summed E-state index contributed by atoms with van der Waals surface area (Å²) in [6.07, 6.45) is -0.0420. The number of carboxylic acid groups (broad SMARTS) is 1. The second-order valence-electron chi connectivity index (χ2n) is 4.09. The van der Waals surface area contributed by atoms with Crippen LogP contribution in [0.25, 0.3) is 5.69 Å². The lowest BCUT2D eigenvalue weighted by Gasteiger charge is -2.04. The van der Waals surface area contributed by atoms with Crippen LogP contribution < -0.4 is 0 Å². The predicted octanol–water partition coefficient (Wildman–Crippen LogP) is 2.12. The van der Waals surface area contributed by atoms with E-state index >= 15 is 0 Å². The van der Waals surface area contributed by atoms with Gasteiger partial charge in [-0.2, -0.15) is 5.10 Å². The number of carboxylic acids is 1. The van der Waals surface area contributed by atoms with Crippen LogP contribution in [0.1, 0.15) is 17.0 Å². The first-order chi connectivity index (χ1) is 8.06. The third-order valence-corrected chi connectivity index (χ3v) is 2.55. The number of aromatic nitrogens is 2. The van der Waals surface area contributed by atoms with E-state index in [0.29, 0.717) is 5.69 Å². The summed E-state index contributed by atoms with van der Waals surface area (Å²) in [6, 6.07) is 9.76. The average Bonchev–Trinajstić information content (AvgIpc) is 2.59. The topological polar surface area (TPSA) is 55.1 Å². The van der Waals surface area contributed by atoms with Gasteiger partial charge in [-0.15, -0.1) is 0 Å². The number of aliphatic carboxylic acids is 1. The van der Waals surface area contributed by atoms with Crippen LogP contribution in [0.3, 0.4) is 0 Å². The van der Waals surface area contributed by atoms with Crippen molar-refractivity contribution in [2.45, 2.75) is 20.3 Å². The summed E-state index contributed by atoms with van der Waals surface area (Å²) >= 11 is 0. The van der Waals surface area contributed by atoms with Crippen molar-refractivity contribution in [2.24, 2.45) is 0 Å². The summed E-state index contributed by atoms with van der Waals surface area (Å²) in [6.45, 7) is 3.94. The third kappa shape index (κ3) is 2.53. The summed E-state index contributed by atoms with van der Waals surface area (Å²) in [5.74, 6) is -0.862. The van der Waals surface area contributed by atoms with Crippen molar-refractivity contribution in [3.8, 4) is 5.69 Å². The number of hydrogen-bond acceptors (Lipinski definition) is 2. The van der Waals surface area contributed by atoms with E-state index in [4.69, 9.17) is 5.11 Å². The Morgan fingerprint density at radius 2 is 1.94 bits per heavy atom. The van der Waals surface area contributed by atoms with E-state index in [-0.39, 0.29) is 6.42 Å². The Morgan fingerprint density at radius 1 is 1.29 bits per heavy atom. The highest BCUT2D eigenvalue weighted by Gasteiger charge is 2.08. The highest BCUT2D eigenvalue weighted by molar-refractivity contribution is 5.69. The molecule has 2 aromatic rings. The van der Waals surface area contributed by atoms with E-state index in [1.54, 1.807) is 10.7 Å². The zero-order chi connectivity index (χ0) is 12.4. The van der Waals surface area contributed by atoms with E-state index in [2.05, 4.69) is 5.10 Å². The standard InChI is InChI=1S/C13H14N2O2/c1-9-3-5-12(6-4-9)15-10(2)7-11(14-15)8-13(16)17/h3-7H,8H2,1-2H3,(H,16,17). The molecule has 0 bridgehead atoms. The molecule has 4 nitrogen and oxygen atoms in total. The first-order valence-electron chi connectivity index (χ1n) is 5.40. The van der Waals surface area contributed by atoms with Crippen LogP contribution in [0.15, 0.2) is 30.3 Å². The fraction of sp³-hybridized carbons (Fsp3) is 0.231. The largest absolute Gasteiger partial charge is 0.481 e. The van der Waals surface area contributed by atoms with Gasteiger partial charge in [0.05, 0.1) is 17.8 Å². The van der Waals surface area contributed by atoms with Crippen LogP contribution >= 0.6 is 0 Å². The zero-order valence-corrected chi connectivity index (χ0v) is 9.84. The molecule has 0 saturated carbocycles. The summed E-state index contributed by atoms with van der Waals surface area (Å²) < 4.78 is 1.76. The Hall–Kier alpha value is -2.10. The van der Waals surface area contributed by atoms with Gasteiger partial charge < -0.3 is 5.11 Å². The molecule has 1 aromatic heterocycles. The van der Waals surface area contributed by atoms with Crippen molar-refractivity contribution in [1.82, 2.24) is 9.78 Å². The lowest BCUT2D eigenvalue weighted by Crippen LogP contribution is -2.03.